The van der Waals surface area contributed by atoms with Crippen LogP contribution in [0.25, 0.3) is 0 Å². The minimum absolute atomic E-state index is 0.235. The topological polar surface area (TPSA) is 21.3 Å². The van der Waals surface area contributed by atoms with Crippen LogP contribution in [0.1, 0.15) is 6.92 Å². The molecule has 1 atom stereocenters. The second-order valence-electron chi connectivity index (χ2n) is 2.95. The first kappa shape index (κ1) is 7.74. The molecule has 0 radical (unpaired) electrons. The zero-order valence-electron chi connectivity index (χ0n) is 6.80. The van der Waals surface area contributed by atoms with Gasteiger partial charge in [0.2, 0.25) is 0 Å². The highest BCUT2D eigenvalue weighted by atomic mass is 35.5. The lowest BCUT2D eigenvalue weighted by Crippen LogP contribution is -2.27. The molecule has 1 aromatic carbocycles. The molecule has 1 aliphatic heterocycles. The van der Waals surface area contributed by atoms with Crippen LogP contribution in [0.4, 0.5) is 5.69 Å². The average molecular weight is 184 g/mol. The van der Waals surface area contributed by atoms with Crippen molar-refractivity contribution in [1.82, 2.24) is 0 Å². The summed E-state index contributed by atoms with van der Waals surface area (Å²) >= 11 is 5.82. The minimum Gasteiger partial charge on any atom is -0.487 e. The molecule has 2 rings (SSSR count). The van der Waals surface area contributed by atoms with Crippen molar-refractivity contribution < 1.29 is 4.74 Å². The Balaban J connectivity index is 2.37. The van der Waals surface area contributed by atoms with E-state index < -0.39 is 0 Å². The highest BCUT2D eigenvalue weighted by Gasteiger charge is 2.14. The van der Waals surface area contributed by atoms with Crippen LogP contribution in [-0.2, 0) is 0 Å². The molecule has 1 N–H and O–H groups in total. The molecule has 0 aliphatic carbocycles. The van der Waals surface area contributed by atoms with Gasteiger partial charge in [0.05, 0.1) is 12.2 Å². The monoisotopic (exact) mass is 183 g/mol. The zero-order valence-corrected chi connectivity index (χ0v) is 7.56. The molecule has 1 aliphatic rings. The van der Waals surface area contributed by atoms with Gasteiger partial charge in [-0.25, -0.2) is 0 Å². The van der Waals surface area contributed by atoms with Crippen LogP contribution >= 0.6 is 11.6 Å². The Kier molecular flexibility index (Phi) is 1.85. The fourth-order valence-electron chi connectivity index (χ4n) is 1.26. The summed E-state index contributed by atoms with van der Waals surface area (Å²) in [5.74, 6) is 0.887. The van der Waals surface area contributed by atoms with Crippen LogP contribution in [0, 0.1) is 0 Å². The van der Waals surface area contributed by atoms with Crippen molar-refractivity contribution in [3.8, 4) is 5.75 Å². The molecule has 0 aromatic heterocycles. The number of benzene rings is 1. The molecule has 12 heavy (non-hydrogen) atoms. The summed E-state index contributed by atoms with van der Waals surface area (Å²) in [4.78, 5) is 0. The van der Waals surface area contributed by atoms with Gasteiger partial charge in [-0.1, -0.05) is 11.6 Å². The molecule has 3 heteroatoms. The van der Waals surface area contributed by atoms with Gasteiger partial charge in [0.1, 0.15) is 11.9 Å². The molecule has 1 aromatic rings. The second kappa shape index (κ2) is 2.87. The Bertz CT molecular complexity index is 301. The summed E-state index contributed by atoms with van der Waals surface area (Å²) in [7, 11) is 0. The fraction of sp³-hybridized carbons (Fsp3) is 0.333. The number of hydrogen-bond acceptors (Lipinski definition) is 2. The van der Waals surface area contributed by atoms with E-state index in [1.807, 2.05) is 25.1 Å². The lowest BCUT2D eigenvalue weighted by molar-refractivity contribution is 0.226. The first-order chi connectivity index (χ1) is 5.75. The third-order valence-corrected chi connectivity index (χ3v) is 2.08. The number of ether oxygens (including phenoxy) is 1. The third kappa shape index (κ3) is 1.34. The van der Waals surface area contributed by atoms with Gasteiger partial charge in [0, 0.05) is 5.02 Å². The van der Waals surface area contributed by atoms with Crippen molar-refractivity contribution in [1.29, 1.82) is 0 Å². The highest BCUT2D eigenvalue weighted by Crippen LogP contribution is 2.31. The third-order valence-electron chi connectivity index (χ3n) is 1.85. The average Bonchev–Trinajstić information content (AvgIpc) is 2.05. The normalized spacial score (nSPS) is 20.7. The molecule has 64 valence electrons. The molecule has 0 unspecified atom stereocenters. The van der Waals surface area contributed by atoms with Crippen molar-refractivity contribution in [2.75, 3.05) is 11.9 Å². The van der Waals surface area contributed by atoms with E-state index in [0.29, 0.717) is 0 Å². The molecule has 1 heterocycles. The van der Waals surface area contributed by atoms with Gasteiger partial charge in [-0.3, -0.25) is 0 Å². The Morgan fingerprint density at radius 1 is 1.58 bits per heavy atom. The summed E-state index contributed by atoms with van der Waals surface area (Å²) in [5.41, 5.74) is 0.987. The van der Waals surface area contributed by atoms with E-state index in [1.165, 1.54) is 0 Å². The Hall–Kier alpha value is -0.890. The fourth-order valence-corrected chi connectivity index (χ4v) is 1.43. The van der Waals surface area contributed by atoms with Gasteiger partial charge in [-0.15, -0.1) is 0 Å². The smallest absolute Gasteiger partial charge is 0.142 e. The summed E-state index contributed by atoms with van der Waals surface area (Å²) in [6.07, 6.45) is 0.235. The van der Waals surface area contributed by atoms with E-state index >= 15 is 0 Å². The number of rotatable bonds is 0. The first-order valence-corrected chi connectivity index (χ1v) is 4.33. The maximum Gasteiger partial charge on any atom is 0.142 e. The number of nitrogens with one attached hydrogen (secondary N) is 1. The van der Waals surface area contributed by atoms with Gasteiger partial charge >= 0.3 is 0 Å². The van der Waals surface area contributed by atoms with Crippen LogP contribution in [0.3, 0.4) is 0 Å². The maximum absolute atomic E-state index is 5.82. The summed E-state index contributed by atoms with van der Waals surface area (Å²) in [6.45, 7) is 2.87. The molecule has 0 spiro atoms. The lowest BCUT2D eigenvalue weighted by Gasteiger charge is -2.24. The molecule has 0 bridgehead atoms. The molecule has 0 saturated carbocycles. The maximum atomic E-state index is 5.82. The van der Waals surface area contributed by atoms with Crippen molar-refractivity contribution in [2.45, 2.75) is 13.0 Å². The molecular weight excluding hydrogens is 174 g/mol. The quantitative estimate of drug-likeness (QED) is 0.668. The molecule has 0 saturated heterocycles. The van der Waals surface area contributed by atoms with Crippen LogP contribution in [-0.4, -0.2) is 12.6 Å². The predicted molar refractivity (Wildman–Crippen MR) is 50.0 cm³/mol. The van der Waals surface area contributed by atoms with E-state index in [-0.39, 0.29) is 6.10 Å². The predicted octanol–water partition coefficient (Wildman–Crippen LogP) is 2.53. The van der Waals surface area contributed by atoms with Gasteiger partial charge in [-0.05, 0) is 25.1 Å². The largest absolute Gasteiger partial charge is 0.487 e. The molecule has 2 nitrogen and oxygen atoms in total. The lowest BCUT2D eigenvalue weighted by atomic mass is 10.2. The van der Waals surface area contributed by atoms with E-state index in [9.17, 15) is 0 Å². The minimum atomic E-state index is 0.235. The summed E-state index contributed by atoms with van der Waals surface area (Å²) < 4.78 is 5.57. The van der Waals surface area contributed by atoms with Crippen LogP contribution in [0.5, 0.6) is 5.75 Å². The van der Waals surface area contributed by atoms with Gasteiger partial charge in [0.25, 0.3) is 0 Å². The summed E-state index contributed by atoms with van der Waals surface area (Å²) in [5, 5.41) is 3.98. The van der Waals surface area contributed by atoms with Crippen molar-refractivity contribution in [2.24, 2.45) is 0 Å². The Morgan fingerprint density at radius 2 is 2.42 bits per heavy atom. The molecule has 0 amide bonds. The highest BCUT2D eigenvalue weighted by molar-refractivity contribution is 6.30. The zero-order chi connectivity index (χ0) is 8.55. The number of anilines is 1. The van der Waals surface area contributed by atoms with Crippen LogP contribution < -0.4 is 10.1 Å². The number of hydrogen-bond donors (Lipinski definition) is 1. The Labute approximate surface area is 76.5 Å². The van der Waals surface area contributed by atoms with Gasteiger partial charge in [0.15, 0.2) is 0 Å². The first-order valence-electron chi connectivity index (χ1n) is 3.96. The SMILES string of the molecule is C[C@@H]1CNc2cc(Cl)ccc2O1. The summed E-state index contributed by atoms with van der Waals surface area (Å²) in [6, 6.07) is 5.60. The van der Waals surface area contributed by atoms with Crippen LogP contribution in [0.15, 0.2) is 18.2 Å². The van der Waals surface area contributed by atoms with Gasteiger partial charge < -0.3 is 10.1 Å². The van der Waals surface area contributed by atoms with Crippen molar-refractivity contribution >= 4 is 17.3 Å². The van der Waals surface area contributed by atoms with Crippen molar-refractivity contribution in [3.05, 3.63) is 23.2 Å². The van der Waals surface area contributed by atoms with Crippen LogP contribution in [0.2, 0.25) is 5.02 Å². The van der Waals surface area contributed by atoms with E-state index in [1.54, 1.807) is 0 Å². The number of halogens is 1. The standard InChI is InChI=1S/C9H10ClNO/c1-6-5-11-8-4-7(10)2-3-9(8)12-6/h2-4,6,11H,5H2,1H3/t6-/m1/s1. The van der Waals surface area contributed by atoms with E-state index in [4.69, 9.17) is 16.3 Å². The molecule has 0 fully saturated rings. The number of fused-ring (bicyclic) bond motifs is 1. The van der Waals surface area contributed by atoms with Crippen molar-refractivity contribution in [3.63, 3.8) is 0 Å². The van der Waals surface area contributed by atoms with E-state index in [2.05, 4.69) is 5.32 Å². The van der Waals surface area contributed by atoms with E-state index in [0.717, 1.165) is 23.0 Å². The van der Waals surface area contributed by atoms with Gasteiger partial charge in [-0.2, -0.15) is 0 Å². The second-order valence-corrected chi connectivity index (χ2v) is 3.39. The Morgan fingerprint density at radius 3 is 3.25 bits per heavy atom. The molecular formula is C9H10ClNO.